The second kappa shape index (κ2) is 7.67. The molecule has 0 aliphatic carbocycles. The van der Waals surface area contributed by atoms with E-state index in [4.69, 9.17) is 0 Å². The number of nitrogens with zero attached hydrogens (tertiary/aromatic N) is 1. The van der Waals surface area contributed by atoms with Crippen molar-refractivity contribution in [2.24, 2.45) is 10.4 Å². The number of carbonyl (C=O) groups is 2. The molecule has 2 aromatic rings. The zero-order chi connectivity index (χ0) is 21.2. The van der Waals surface area contributed by atoms with Gasteiger partial charge >= 0.3 is 0 Å². The first-order chi connectivity index (χ1) is 13.6. The largest absolute Gasteiger partial charge is 0.326 e. The molecule has 0 fully saturated rings. The summed E-state index contributed by atoms with van der Waals surface area (Å²) in [6.07, 6.45) is 0. The number of nitrogens with one attached hydrogen (secondary N) is 3. The highest BCUT2D eigenvalue weighted by Gasteiger charge is 2.30. The normalized spacial score (nSPS) is 16.0. The number of amides is 2. The predicted octanol–water partition coefficient (Wildman–Crippen LogP) is 2.35. The molecule has 152 valence electrons. The number of fused-ring (bicyclic) bond motifs is 1. The van der Waals surface area contributed by atoms with Crippen molar-refractivity contribution in [3.63, 3.8) is 0 Å². The number of hydrogen-bond acceptors (Lipinski definition) is 5. The summed E-state index contributed by atoms with van der Waals surface area (Å²) >= 11 is 0. The fourth-order valence-electron chi connectivity index (χ4n) is 2.60. The van der Waals surface area contributed by atoms with E-state index in [-0.39, 0.29) is 23.2 Å². The number of anilines is 2. The summed E-state index contributed by atoms with van der Waals surface area (Å²) in [5.41, 5.74) is 0.952. The van der Waals surface area contributed by atoms with Gasteiger partial charge in [0.2, 0.25) is 11.8 Å². The van der Waals surface area contributed by atoms with Gasteiger partial charge in [-0.15, -0.1) is 0 Å². The van der Waals surface area contributed by atoms with Crippen molar-refractivity contribution in [2.45, 2.75) is 25.7 Å². The van der Waals surface area contributed by atoms with Gasteiger partial charge in [0.05, 0.1) is 4.90 Å². The summed E-state index contributed by atoms with van der Waals surface area (Å²) in [6, 6.07) is 13.2. The van der Waals surface area contributed by atoms with E-state index in [1.807, 2.05) is 20.8 Å². The SMILES string of the molecule is CC(C)(C)C(=O)Nc1cccc(NC(=O)CN=C2NS(=O)(=O)c3ccccc32)c1. The van der Waals surface area contributed by atoms with E-state index < -0.39 is 21.3 Å². The standard InChI is InChI=1S/C20H22N4O4S/c1-20(2,3)19(26)23-14-8-6-7-13(11-14)22-17(25)12-21-18-15-9-4-5-10-16(15)29(27,28)24-18/h4-11H,12H2,1-3H3,(H,21,24)(H,22,25)(H,23,26). The molecule has 0 atom stereocenters. The van der Waals surface area contributed by atoms with Gasteiger partial charge in [-0.05, 0) is 30.3 Å². The molecule has 9 heteroatoms. The molecule has 0 aromatic heterocycles. The van der Waals surface area contributed by atoms with E-state index >= 15 is 0 Å². The number of hydrogen-bond donors (Lipinski definition) is 3. The minimum atomic E-state index is -3.64. The van der Waals surface area contributed by atoms with Crippen LogP contribution in [0.5, 0.6) is 0 Å². The highest BCUT2D eigenvalue weighted by atomic mass is 32.2. The van der Waals surface area contributed by atoms with Crippen molar-refractivity contribution < 1.29 is 18.0 Å². The lowest BCUT2D eigenvalue weighted by molar-refractivity contribution is -0.123. The lowest BCUT2D eigenvalue weighted by atomic mass is 9.95. The molecule has 3 rings (SSSR count). The van der Waals surface area contributed by atoms with Gasteiger partial charge in [-0.25, -0.2) is 8.42 Å². The third-order valence-electron chi connectivity index (χ3n) is 4.13. The van der Waals surface area contributed by atoms with Crippen LogP contribution >= 0.6 is 0 Å². The fraction of sp³-hybridized carbons (Fsp3) is 0.250. The molecule has 0 unspecified atom stereocenters. The molecule has 0 bridgehead atoms. The first kappa shape index (κ1) is 20.5. The van der Waals surface area contributed by atoms with Crippen LogP contribution in [-0.4, -0.2) is 32.6 Å². The molecule has 2 aromatic carbocycles. The minimum Gasteiger partial charge on any atom is -0.326 e. The monoisotopic (exact) mass is 414 g/mol. The summed E-state index contributed by atoms with van der Waals surface area (Å²) in [4.78, 5) is 28.6. The molecule has 0 radical (unpaired) electrons. The van der Waals surface area contributed by atoms with Crippen LogP contribution in [0.1, 0.15) is 26.3 Å². The maximum absolute atomic E-state index is 12.3. The molecule has 2 amide bonds. The van der Waals surface area contributed by atoms with Crippen LogP contribution in [0.3, 0.4) is 0 Å². The summed E-state index contributed by atoms with van der Waals surface area (Å²) in [5, 5.41) is 5.49. The summed E-state index contributed by atoms with van der Waals surface area (Å²) in [5.74, 6) is -0.415. The molecule has 1 heterocycles. The van der Waals surface area contributed by atoms with Gasteiger partial charge in [-0.1, -0.05) is 39.0 Å². The molecule has 0 saturated carbocycles. The summed E-state index contributed by atoms with van der Waals surface area (Å²) in [7, 11) is -3.64. The number of rotatable bonds is 4. The van der Waals surface area contributed by atoms with Gasteiger partial charge in [0.25, 0.3) is 10.0 Å². The Hall–Kier alpha value is -3.20. The maximum Gasteiger partial charge on any atom is 0.263 e. The lowest BCUT2D eigenvalue weighted by Gasteiger charge is -2.18. The number of benzene rings is 2. The van der Waals surface area contributed by atoms with E-state index in [1.54, 1.807) is 42.5 Å². The Kier molecular flexibility index (Phi) is 5.43. The quantitative estimate of drug-likeness (QED) is 0.712. The Bertz CT molecular complexity index is 1100. The Morgan fingerprint density at radius 1 is 1.00 bits per heavy atom. The zero-order valence-electron chi connectivity index (χ0n) is 16.3. The van der Waals surface area contributed by atoms with Crippen molar-refractivity contribution in [1.82, 2.24) is 4.72 Å². The van der Waals surface area contributed by atoms with E-state index in [9.17, 15) is 18.0 Å². The first-order valence-corrected chi connectivity index (χ1v) is 10.4. The molecule has 1 aliphatic rings. The summed E-state index contributed by atoms with van der Waals surface area (Å²) in [6.45, 7) is 5.17. The van der Waals surface area contributed by atoms with Gasteiger partial charge in [0.15, 0.2) is 0 Å². The minimum absolute atomic E-state index is 0.139. The van der Waals surface area contributed by atoms with Gasteiger partial charge in [-0.3, -0.25) is 19.3 Å². The van der Waals surface area contributed by atoms with Crippen molar-refractivity contribution in [2.75, 3.05) is 17.2 Å². The van der Waals surface area contributed by atoms with Crippen LogP contribution in [0, 0.1) is 5.41 Å². The topological polar surface area (TPSA) is 117 Å². The molecule has 3 N–H and O–H groups in total. The van der Waals surface area contributed by atoms with Crippen molar-refractivity contribution in [3.05, 3.63) is 54.1 Å². The second-order valence-corrected chi connectivity index (χ2v) is 9.25. The Balaban J connectivity index is 1.67. The Morgan fingerprint density at radius 2 is 1.66 bits per heavy atom. The molecule has 1 aliphatic heterocycles. The number of carbonyl (C=O) groups excluding carboxylic acids is 2. The molecular formula is C20H22N4O4S. The number of sulfonamides is 1. The fourth-order valence-corrected chi connectivity index (χ4v) is 3.85. The van der Waals surface area contributed by atoms with Crippen LogP contribution in [0.2, 0.25) is 0 Å². The average Bonchev–Trinajstić information content (AvgIpc) is 2.90. The molecule has 8 nitrogen and oxygen atoms in total. The van der Waals surface area contributed by atoms with Crippen molar-refractivity contribution >= 4 is 39.0 Å². The van der Waals surface area contributed by atoms with Crippen molar-refractivity contribution in [1.29, 1.82) is 0 Å². The highest BCUT2D eigenvalue weighted by molar-refractivity contribution is 7.90. The van der Waals surface area contributed by atoms with Crippen LogP contribution < -0.4 is 15.4 Å². The Morgan fingerprint density at radius 3 is 2.34 bits per heavy atom. The first-order valence-electron chi connectivity index (χ1n) is 8.94. The lowest BCUT2D eigenvalue weighted by Crippen LogP contribution is -2.27. The van der Waals surface area contributed by atoms with E-state index in [1.165, 1.54) is 6.07 Å². The number of amidine groups is 1. The van der Waals surface area contributed by atoms with Crippen LogP contribution in [0.4, 0.5) is 11.4 Å². The summed E-state index contributed by atoms with van der Waals surface area (Å²) < 4.78 is 26.5. The van der Waals surface area contributed by atoms with E-state index in [0.29, 0.717) is 16.9 Å². The molecule has 0 saturated heterocycles. The van der Waals surface area contributed by atoms with Crippen LogP contribution in [0.15, 0.2) is 58.4 Å². The van der Waals surface area contributed by atoms with Gasteiger partial charge < -0.3 is 10.6 Å². The van der Waals surface area contributed by atoms with Gasteiger partial charge in [-0.2, -0.15) is 0 Å². The average molecular weight is 414 g/mol. The van der Waals surface area contributed by atoms with Crippen LogP contribution in [-0.2, 0) is 19.6 Å². The molecule has 29 heavy (non-hydrogen) atoms. The molecular weight excluding hydrogens is 392 g/mol. The zero-order valence-corrected chi connectivity index (χ0v) is 17.1. The van der Waals surface area contributed by atoms with E-state index in [2.05, 4.69) is 20.3 Å². The van der Waals surface area contributed by atoms with E-state index in [0.717, 1.165) is 0 Å². The van der Waals surface area contributed by atoms with Crippen LogP contribution in [0.25, 0.3) is 0 Å². The van der Waals surface area contributed by atoms with Crippen molar-refractivity contribution in [3.8, 4) is 0 Å². The highest BCUT2D eigenvalue weighted by Crippen LogP contribution is 2.22. The molecule has 0 spiro atoms. The van der Waals surface area contributed by atoms with Gasteiger partial charge in [0, 0.05) is 22.4 Å². The number of aliphatic imine (C=N–C) groups is 1. The smallest absolute Gasteiger partial charge is 0.263 e. The third-order valence-corrected chi connectivity index (χ3v) is 5.53. The maximum atomic E-state index is 12.3. The predicted molar refractivity (Wildman–Crippen MR) is 111 cm³/mol. The Labute approximate surface area is 169 Å². The second-order valence-electron chi connectivity index (χ2n) is 7.60. The van der Waals surface area contributed by atoms with Gasteiger partial charge in [0.1, 0.15) is 12.4 Å². The third kappa shape index (κ3) is 4.80.